The number of amides is 2. The van der Waals surface area contributed by atoms with Gasteiger partial charge in [0.15, 0.2) is 0 Å². The van der Waals surface area contributed by atoms with E-state index in [1.807, 2.05) is 0 Å². The number of carbonyl (C=O) groups excluding carboxylic acids is 2. The fourth-order valence-corrected chi connectivity index (χ4v) is 4.59. The molecule has 0 bridgehead atoms. The fraction of sp³-hybridized carbons (Fsp3) is 0.389. The molecule has 4 rings (SSSR count). The number of aromatic nitrogens is 1. The molecule has 0 fully saturated rings. The highest BCUT2D eigenvalue weighted by Gasteiger charge is 2.31. The van der Waals surface area contributed by atoms with Crippen molar-refractivity contribution in [1.29, 1.82) is 0 Å². The Labute approximate surface area is 148 Å². The zero-order chi connectivity index (χ0) is 17.4. The van der Waals surface area contributed by atoms with Crippen LogP contribution in [0.2, 0.25) is 0 Å². The maximum Gasteiger partial charge on any atom is 0.228 e. The lowest BCUT2D eigenvalue weighted by Gasteiger charge is -2.24. The molecule has 1 aliphatic carbocycles. The minimum absolute atomic E-state index is 0.0356. The lowest BCUT2D eigenvalue weighted by molar-refractivity contribution is -0.126. The van der Waals surface area contributed by atoms with E-state index in [1.165, 1.54) is 35.2 Å². The molecule has 2 aromatic rings. The Balaban J connectivity index is 1.41. The van der Waals surface area contributed by atoms with Crippen molar-refractivity contribution in [3.05, 3.63) is 45.2 Å². The van der Waals surface area contributed by atoms with Crippen molar-refractivity contribution in [2.45, 2.75) is 38.0 Å². The molecule has 2 amide bonds. The van der Waals surface area contributed by atoms with Gasteiger partial charge in [-0.05, 0) is 43.0 Å². The van der Waals surface area contributed by atoms with Crippen molar-refractivity contribution < 1.29 is 14.0 Å². The number of halogens is 1. The number of aryl methyl sites for hydroxylation is 2. The molecule has 2 aliphatic rings. The van der Waals surface area contributed by atoms with Crippen molar-refractivity contribution in [1.82, 2.24) is 10.3 Å². The van der Waals surface area contributed by atoms with Crippen LogP contribution >= 0.6 is 11.3 Å². The predicted molar refractivity (Wildman–Crippen MR) is 93.2 cm³/mol. The summed E-state index contributed by atoms with van der Waals surface area (Å²) in [5.74, 6) is -1.54. The highest BCUT2D eigenvalue weighted by molar-refractivity contribution is 7.11. The molecule has 0 saturated carbocycles. The molecule has 5 nitrogen and oxygen atoms in total. The summed E-state index contributed by atoms with van der Waals surface area (Å²) < 4.78 is 13.5. The van der Waals surface area contributed by atoms with Crippen LogP contribution < -0.4 is 10.6 Å². The third kappa shape index (κ3) is 3.28. The Bertz CT molecular complexity index is 827. The van der Waals surface area contributed by atoms with E-state index in [4.69, 9.17) is 0 Å². The van der Waals surface area contributed by atoms with Gasteiger partial charge in [0.25, 0.3) is 0 Å². The minimum Gasteiger partial charge on any atom is -0.355 e. The Hall–Kier alpha value is -2.28. The van der Waals surface area contributed by atoms with Crippen LogP contribution in [-0.4, -0.2) is 23.3 Å². The largest absolute Gasteiger partial charge is 0.355 e. The zero-order valence-electron chi connectivity index (χ0n) is 13.6. The number of benzene rings is 1. The SMILES string of the molecule is O=C1CC(C(=O)NCCc2nc3c(s2)CCC3)c2cc(F)ccc2N1. The predicted octanol–water partition coefficient (Wildman–Crippen LogP) is 2.56. The summed E-state index contributed by atoms with van der Waals surface area (Å²) in [7, 11) is 0. The summed E-state index contributed by atoms with van der Waals surface area (Å²) in [5, 5.41) is 6.59. The van der Waals surface area contributed by atoms with Crippen LogP contribution in [0.1, 0.15) is 39.9 Å². The first-order valence-corrected chi connectivity index (χ1v) is 9.26. The molecule has 0 radical (unpaired) electrons. The Morgan fingerprint density at radius 2 is 2.28 bits per heavy atom. The van der Waals surface area contributed by atoms with E-state index in [0.29, 0.717) is 24.2 Å². The van der Waals surface area contributed by atoms with Crippen molar-refractivity contribution in [3.8, 4) is 0 Å². The highest BCUT2D eigenvalue weighted by atomic mass is 32.1. The van der Waals surface area contributed by atoms with Crippen LogP contribution in [0.3, 0.4) is 0 Å². The summed E-state index contributed by atoms with van der Waals surface area (Å²) in [6, 6.07) is 4.10. The van der Waals surface area contributed by atoms with Gasteiger partial charge in [-0.2, -0.15) is 0 Å². The topological polar surface area (TPSA) is 71.1 Å². The zero-order valence-corrected chi connectivity index (χ0v) is 14.4. The van der Waals surface area contributed by atoms with Gasteiger partial charge in [-0.1, -0.05) is 0 Å². The fourth-order valence-electron chi connectivity index (χ4n) is 3.43. The molecule has 0 spiro atoms. The van der Waals surface area contributed by atoms with E-state index in [-0.39, 0.29) is 18.2 Å². The lowest BCUT2D eigenvalue weighted by Crippen LogP contribution is -2.36. The minimum atomic E-state index is -0.652. The molecule has 1 atom stereocenters. The monoisotopic (exact) mass is 359 g/mol. The molecular weight excluding hydrogens is 341 g/mol. The molecular formula is C18H18FN3O2S. The molecule has 25 heavy (non-hydrogen) atoms. The van der Waals surface area contributed by atoms with Crippen molar-refractivity contribution in [2.24, 2.45) is 0 Å². The number of carbonyl (C=O) groups is 2. The molecule has 1 unspecified atom stereocenters. The molecule has 2 N–H and O–H groups in total. The summed E-state index contributed by atoms with van der Waals surface area (Å²) in [4.78, 5) is 30.3. The quantitative estimate of drug-likeness (QED) is 0.881. The number of fused-ring (bicyclic) bond motifs is 2. The molecule has 2 heterocycles. The van der Waals surface area contributed by atoms with Crippen LogP contribution in [0.4, 0.5) is 10.1 Å². The lowest BCUT2D eigenvalue weighted by atomic mass is 9.89. The smallest absolute Gasteiger partial charge is 0.228 e. The Morgan fingerprint density at radius 1 is 1.40 bits per heavy atom. The van der Waals surface area contributed by atoms with E-state index in [1.54, 1.807) is 11.3 Å². The third-order valence-electron chi connectivity index (χ3n) is 4.65. The van der Waals surface area contributed by atoms with Gasteiger partial charge in [0.1, 0.15) is 5.82 Å². The molecule has 1 aromatic carbocycles. The first kappa shape index (κ1) is 16.2. The summed E-state index contributed by atoms with van der Waals surface area (Å²) >= 11 is 1.72. The number of hydrogen-bond acceptors (Lipinski definition) is 4. The Morgan fingerprint density at radius 3 is 3.12 bits per heavy atom. The van der Waals surface area contributed by atoms with Crippen LogP contribution in [0.25, 0.3) is 0 Å². The number of anilines is 1. The standard InChI is InChI=1S/C18H18FN3O2S/c19-10-4-5-13-11(8-10)12(9-16(23)21-13)18(24)20-7-6-17-22-14-2-1-3-15(14)25-17/h4-5,8,12H,1-3,6-7,9H2,(H,20,24)(H,21,23). The maximum atomic E-state index is 13.5. The van der Waals surface area contributed by atoms with Gasteiger partial charge in [-0.15, -0.1) is 11.3 Å². The van der Waals surface area contributed by atoms with Crippen LogP contribution in [0, 0.1) is 5.82 Å². The number of thiazole rings is 1. The molecule has 130 valence electrons. The molecule has 1 aliphatic heterocycles. The van der Waals surface area contributed by atoms with Gasteiger partial charge < -0.3 is 10.6 Å². The Kier molecular flexibility index (Phi) is 4.25. The molecule has 1 aromatic heterocycles. The summed E-state index contributed by atoms with van der Waals surface area (Å²) in [6.45, 7) is 0.466. The first-order valence-electron chi connectivity index (χ1n) is 8.44. The average molecular weight is 359 g/mol. The van der Waals surface area contributed by atoms with Crippen LogP contribution in [0.15, 0.2) is 18.2 Å². The number of nitrogens with one attached hydrogen (secondary N) is 2. The number of nitrogens with zero attached hydrogens (tertiary/aromatic N) is 1. The highest BCUT2D eigenvalue weighted by Crippen LogP contribution is 2.33. The van der Waals surface area contributed by atoms with Gasteiger partial charge in [-0.25, -0.2) is 9.37 Å². The van der Waals surface area contributed by atoms with Gasteiger partial charge >= 0.3 is 0 Å². The second kappa shape index (κ2) is 6.55. The van der Waals surface area contributed by atoms with Gasteiger partial charge in [0.2, 0.25) is 11.8 Å². The van der Waals surface area contributed by atoms with E-state index in [2.05, 4.69) is 15.6 Å². The molecule has 0 saturated heterocycles. The van der Waals surface area contributed by atoms with Crippen molar-refractivity contribution >= 4 is 28.8 Å². The summed E-state index contributed by atoms with van der Waals surface area (Å²) in [5.41, 5.74) is 2.25. The van der Waals surface area contributed by atoms with E-state index < -0.39 is 11.7 Å². The van der Waals surface area contributed by atoms with Gasteiger partial charge in [-0.3, -0.25) is 9.59 Å². The second-order valence-electron chi connectivity index (χ2n) is 6.41. The van der Waals surface area contributed by atoms with Gasteiger partial charge in [0, 0.05) is 30.0 Å². The third-order valence-corrected chi connectivity index (χ3v) is 5.86. The number of hydrogen-bond donors (Lipinski definition) is 2. The first-order chi connectivity index (χ1) is 12.1. The van der Waals surface area contributed by atoms with E-state index in [9.17, 15) is 14.0 Å². The summed E-state index contributed by atoms with van der Waals surface area (Å²) in [6.07, 6.45) is 4.06. The van der Waals surface area contributed by atoms with Crippen molar-refractivity contribution in [3.63, 3.8) is 0 Å². The van der Waals surface area contributed by atoms with E-state index >= 15 is 0 Å². The van der Waals surface area contributed by atoms with Crippen molar-refractivity contribution in [2.75, 3.05) is 11.9 Å². The van der Waals surface area contributed by atoms with E-state index in [0.717, 1.165) is 17.8 Å². The van der Waals surface area contributed by atoms with Crippen LogP contribution in [0.5, 0.6) is 0 Å². The van der Waals surface area contributed by atoms with Crippen LogP contribution in [-0.2, 0) is 28.9 Å². The normalized spacial score (nSPS) is 18.4. The van der Waals surface area contributed by atoms with Gasteiger partial charge in [0.05, 0.1) is 16.6 Å². The average Bonchev–Trinajstić information content (AvgIpc) is 3.16. The maximum absolute atomic E-state index is 13.5. The second-order valence-corrected chi connectivity index (χ2v) is 7.58. The molecule has 7 heteroatoms. The number of rotatable bonds is 4.